The van der Waals surface area contributed by atoms with E-state index in [4.69, 9.17) is 9.88 Å². The molecule has 4 N–H and O–H groups in total. The van der Waals surface area contributed by atoms with Gasteiger partial charge in [-0.25, -0.2) is 13.6 Å². The molecule has 1 fully saturated rings. The van der Waals surface area contributed by atoms with Gasteiger partial charge in [-0.3, -0.25) is 14.5 Å². The number of amides is 2. The Morgan fingerprint density at radius 2 is 1.73 bits per heavy atom. The maximum absolute atomic E-state index is 12.5. The minimum Gasteiger partial charge on any atom is -0.379 e. The molecule has 1 aliphatic rings. The van der Waals surface area contributed by atoms with Gasteiger partial charge in [0.05, 0.1) is 17.0 Å². The fourth-order valence-corrected chi connectivity index (χ4v) is 4.30. The van der Waals surface area contributed by atoms with Gasteiger partial charge in [-0.05, 0) is 77.2 Å². The van der Waals surface area contributed by atoms with E-state index in [9.17, 15) is 18.0 Å². The molecule has 33 heavy (non-hydrogen) atoms. The smallest absolute Gasteiger partial charge is 0.238 e. The van der Waals surface area contributed by atoms with Gasteiger partial charge in [0.25, 0.3) is 0 Å². The van der Waals surface area contributed by atoms with Crippen molar-refractivity contribution in [2.24, 2.45) is 11.1 Å². The van der Waals surface area contributed by atoms with Crippen molar-refractivity contribution in [1.29, 1.82) is 0 Å². The van der Waals surface area contributed by atoms with Gasteiger partial charge in [0.2, 0.25) is 21.8 Å². The van der Waals surface area contributed by atoms with E-state index in [1.54, 1.807) is 12.1 Å². The molecule has 0 aromatic heterocycles. The molecule has 186 valence electrons. The fourth-order valence-electron chi connectivity index (χ4n) is 3.79. The Kier molecular flexibility index (Phi) is 10.7. The second-order valence-electron chi connectivity index (χ2n) is 8.78. The molecule has 1 unspecified atom stereocenters. The molecule has 1 atom stereocenters. The molecule has 10 heteroatoms. The first-order valence-corrected chi connectivity index (χ1v) is 13.2. The van der Waals surface area contributed by atoms with E-state index >= 15 is 0 Å². The predicted octanol–water partition coefficient (Wildman–Crippen LogP) is 1.02. The zero-order valence-electron chi connectivity index (χ0n) is 19.9. The van der Waals surface area contributed by atoms with Crippen LogP contribution in [0.4, 0.5) is 0 Å². The normalized spacial score (nSPS) is 16.5. The number of hydrogen-bond donors (Lipinski definition) is 3. The number of carbonyl (C=O) groups is 2. The average Bonchev–Trinajstić information content (AvgIpc) is 2.77. The van der Waals surface area contributed by atoms with E-state index in [0.717, 1.165) is 24.8 Å². The van der Waals surface area contributed by atoms with Gasteiger partial charge in [0, 0.05) is 25.6 Å². The minimum absolute atomic E-state index is 0.0113. The van der Waals surface area contributed by atoms with Gasteiger partial charge in [0.15, 0.2) is 0 Å². The minimum atomic E-state index is -3.70. The van der Waals surface area contributed by atoms with Crippen LogP contribution in [0.5, 0.6) is 0 Å². The summed E-state index contributed by atoms with van der Waals surface area (Å²) in [6.07, 6.45) is 3.07. The summed E-state index contributed by atoms with van der Waals surface area (Å²) in [6.45, 7) is 8.99. The van der Waals surface area contributed by atoms with Gasteiger partial charge in [-0.1, -0.05) is 12.1 Å². The number of benzene rings is 1. The number of nitrogens with zero attached hydrogens (tertiary/aromatic N) is 1. The van der Waals surface area contributed by atoms with E-state index in [0.29, 0.717) is 39.2 Å². The Balaban J connectivity index is 1.66. The average molecular weight is 483 g/mol. The highest BCUT2D eigenvalue weighted by Crippen LogP contribution is 2.19. The molecule has 0 bridgehead atoms. The number of piperidine rings is 1. The van der Waals surface area contributed by atoms with Crippen LogP contribution in [0, 0.1) is 5.92 Å². The van der Waals surface area contributed by atoms with Crippen LogP contribution in [0.2, 0.25) is 0 Å². The Labute approximate surface area is 197 Å². The first-order chi connectivity index (χ1) is 15.6. The van der Waals surface area contributed by atoms with Crippen LogP contribution in [-0.2, 0) is 30.8 Å². The highest BCUT2D eigenvalue weighted by molar-refractivity contribution is 7.89. The summed E-state index contributed by atoms with van der Waals surface area (Å²) in [7, 11) is -3.70. The highest BCUT2D eigenvalue weighted by Gasteiger charge is 2.29. The maximum atomic E-state index is 12.5. The molecule has 1 saturated heterocycles. The fraction of sp³-hybridized carbons (Fsp3) is 0.652. The zero-order chi connectivity index (χ0) is 24.4. The highest BCUT2D eigenvalue weighted by atomic mass is 32.2. The SMILES string of the molecule is CC(C)OCCCNC(=O)C1CCN(C(C)C(=O)NCCc2ccc(S(N)(=O)=O)cc2)CC1. The molecule has 0 radical (unpaired) electrons. The van der Waals surface area contributed by atoms with Gasteiger partial charge < -0.3 is 15.4 Å². The summed E-state index contributed by atoms with van der Waals surface area (Å²) in [5.74, 6) is 0.0248. The quantitative estimate of drug-likeness (QED) is 0.381. The van der Waals surface area contributed by atoms with Crippen molar-refractivity contribution in [3.63, 3.8) is 0 Å². The van der Waals surface area contributed by atoms with E-state index in [1.807, 2.05) is 20.8 Å². The van der Waals surface area contributed by atoms with Crippen LogP contribution in [0.1, 0.15) is 45.6 Å². The van der Waals surface area contributed by atoms with Crippen molar-refractivity contribution in [3.8, 4) is 0 Å². The standard InChI is InChI=1S/C23H38N4O5S/c1-17(2)32-16-4-12-25-23(29)20-10-14-27(15-11-20)18(3)22(28)26-13-9-19-5-7-21(8-6-19)33(24,30)31/h5-8,17-18,20H,4,9-16H2,1-3H3,(H,25,29)(H,26,28)(H2,24,30,31). The molecule has 2 amide bonds. The van der Waals surface area contributed by atoms with Gasteiger partial charge >= 0.3 is 0 Å². The number of hydrogen-bond acceptors (Lipinski definition) is 6. The molecule has 0 saturated carbocycles. The van der Waals surface area contributed by atoms with E-state index in [2.05, 4.69) is 15.5 Å². The Hall–Kier alpha value is -2.01. The molecule has 9 nitrogen and oxygen atoms in total. The Morgan fingerprint density at radius 1 is 1.09 bits per heavy atom. The van der Waals surface area contributed by atoms with Crippen molar-refractivity contribution in [2.45, 2.75) is 63.5 Å². The lowest BCUT2D eigenvalue weighted by molar-refractivity contribution is -0.128. The molecule has 1 aromatic rings. The molecule has 1 aromatic carbocycles. The summed E-state index contributed by atoms with van der Waals surface area (Å²) >= 11 is 0. The van der Waals surface area contributed by atoms with E-state index in [1.165, 1.54) is 12.1 Å². The zero-order valence-corrected chi connectivity index (χ0v) is 20.7. The monoisotopic (exact) mass is 482 g/mol. The molecule has 2 rings (SSSR count). The number of carbonyl (C=O) groups excluding carboxylic acids is 2. The first kappa shape index (κ1) is 27.2. The van der Waals surface area contributed by atoms with Gasteiger partial charge in [0.1, 0.15) is 0 Å². The van der Waals surface area contributed by atoms with Crippen molar-refractivity contribution in [1.82, 2.24) is 15.5 Å². The van der Waals surface area contributed by atoms with E-state index in [-0.39, 0.29) is 34.8 Å². The van der Waals surface area contributed by atoms with Crippen molar-refractivity contribution >= 4 is 21.8 Å². The number of ether oxygens (including phenoxy) is 1. The third-order valence-electron chi connectivity index (χ3n) is 5.86. The number of likely N-dealkylation sites (tertiary alicyclic amines) is 1. The van der Waals surface area contributed by atoms with Crippen molar-refractivity contribution in [2.75, 3.05) is 32.8 Å². The summed E-state index contributed by atoms with van der Waals surface area (Å²) in [4.78, 5) is 27.1. The second kappa shape index (κ2) is 13.0. The van der Waals surface area contributed by atoms with Gasteiger partial charge in [-0.15, -0.1) is 0 Å². The molecule has 1 heterocycles. The van der Waals surface area contributed by atoms with E-state index < -0.39 is 10.0 Å². The largest absolute Gasteiger partial charge is 0.379 e. The summed E-state index contributed by atoms with van der Waals surface area (Å²) in [5.41, 5.74) is 0.915. The summed E-state index contributed by atoms with van der Waals surface area (Å²) in [5, 5.41) is 11.0. The lowest BCUT2D eigenvalue weighted by Crippen LogP contribution is -2.50. The lowest BCUT2D eigenvalue weighted by atomic mass is 9.95. The first-order valence-electron chi connectivity index (χ1n) is 11.6. The number of sulfonamides is 1. The third-order valence-corrected chi connectivity index (χ3v) is 6.79. The summed E-state index contributed by atoms with van der Waals surface area (Å²) in [6, 6.07) is 6.06. The molecular formula is C23H38N4O5S. The number of rotatable bonds is 12. The molecular weight excluding hydrogens is 444 g/mol. The molecule has 0 aliphatic carbocycles. The maximum Gasteiger partial charge on any atom is 0.238 e. The van der Waals surface area contributed by atoms with Crippen LogP contribution in [0.3, 0.4) is 0 Å². The van der Waals surface area contributed by atoms with Crippen LogP contribution in [-0.4, -0.2) is 70.1 Å². The van der Waals surface area contributed by atoms with Gasteiger partial charge in [-0.2, -0.15) is 0 Å². The molecule has 0 spiro atoms. The number of primary sulfonamides is 1. The van der Waals surface area contributed by atoms with Crippen LogP contribution >= 0.6 is 0 Å². The van der Waals surface area contributed by atoms with Crippen LogP contribution in [0.15, 0.2) is 29.2 Å². The third kappa shape index (κ3) is 9.40. The number of nitrogens with two attached hydrogens (primary N) is 1. The topological polar surface area (TPSA) is 131 Å². The Morgan fingerprint density at radius 3 is 2.30 bits per heavy atom. The van der Waals surface area contributed by atoms with Crippen LogP contribution < -0.4 is 15.8 Å². The predicted molar refractivity (Wildman–Crippen MR) is 127 cm³/mol. The molecule has 1 aliphatic heterocycles. The second-order valence-corrected chi connectivity index (χ2v) is 10.3. The Bertz CT molecular complexity index is 865. The van der Waals surface area contributed by atoms with Crippen LogP contribution in [0.25, 0.3) is 0 Å². The van der Waals surface area contributed by atoms with Crippen molar-refractivity contribution in [3.05, 3.63) is 29.8 Å². The summed E-state index contributed by atoms with van der Waals surface area (Å²) < 4.78 is 28.1. The van der Waals surface area contributed by atoms with Crippen molar-refractivity contribution < 1.29 is 22.7 Å². The number of nitrogens with one attached hydrogen (secondary N) is 2. The lowest BCUT2D eigenvalue weighted by Gasteiger charge is -2.34.